The molecule has 1 aliphatic heterocycles. The summed E-state index contributed by atoms with van der Waals surface area (Å²) in [5.74, 6) is 1.06. The van der Waals surface area contributed by atoms with E-state index in [1.807, 2.05) is 0 Å². The van der Waals surface area contributed by atoms with Crippen LogP contribution in [0.25, 0.3) is 0 Å². The number of nitriles is 1. The minimum Gasteiger partial charge on any atom is -0.484 e. The number of nitrogens with one attached hydrogen (secondary N) is 1. The molecule has 4 rings (SSSR count). The number of rotatable bonds is 9. The van der Waals surface area contributed by atoms with Gasteiger partial charge in [-0.1, -0.05) is 24.3 Å². The summed E-state index contributed by atoms with van der Waals surface area (Å²) >= 11 is 0. The Kier molecular flexibility index (Phi) is 7.84. The summed E-state index contributed by atoms with van der Waals surface area (Å²) in [5.41, 5.74) is 3.05. The second kappa shape index (κ2) is 11.4. The zero-order valence-corrected chi connectivity index (χ0v) is 19.5. The first-order valence-corrected chi connectivity index (χ1v) is 11.7. The monoisotopic (exact) mass is 458 g/mol. The molecule has 0 unspecified atom stereocenters. The predicted octanol–water partition coefficient (Wildman–Crippen LogP) is 3.98. The number of carbonyl (C=O) groups is 1. The van der Waals surface area contributed by atoms with Gasteiger partial charge in [0.1, 0.15) is 24.2 Å². The molecule has 2 aromatic carbocycles. The van der Waals surface area contributed by atoms with Gasteiger partial charge in [0, 0.05) is 38.4 Å². The number of furan rings is 1. The van der Waals surface area contributed by atoms with Gasteiger partial charge < -0.3 is 19.4 Å². The maximum atomic E-state index is 12.4. The molecule has 7 heteroatoms. The van der Waals surface area contributed by atoms with E-state index in [0.717, 1.165) is 39.1 Å². The van der Waals surface area contributed by atoms with Gasteiger partial charge in [-0.05, 0) is 61.9 Å². The second-order valence-electron chi connectivity index (χ2n) is 8.44. The SMILES string of the molecule is Cc1cccc(N2CCN(CCCNC(=O)c3ccc(COc4ccccc4C#N)o3)CC2)c1. The fourth-order valence-corrected chi connectivity index (χ4v) is 4.06. The van der Waals surface area contributed by atoms with Crippen LogP contribution < -0.4 is 15.0 Å². The Morgan fingerprint density at radius 3 is 2.71 bits per heavy atom. The van der Waals surface area contributed by atoms with Crippen LogP contribution in [0.15, 0.2) is 65.1 Å². The smallest absolute Gasteiger partial charge is 0.286 e. The number of anilines is 1. The van der Waals surface area contributed by atoms with E-state index in [1.54, 1.807) is 36.4 Å². The number of amides is 1. The Bertz CT molecular complexity index is 1140. The van der Waals surface area contributed by atoms with Crippen LogP contribution in [-0.4, -0.2) is 50.1 Å². The van der Waals surface area contributed by atoms with Crippen LogP contribution in [0.2, 0.25) is 0 Å². The molecule has 34 heavy (non-hydrogen) atoms. The molecule has 3 aromatic rings. The quantitative estimate of drug-likeness (QED) is 0.489. The zero-order valence-electron chi connectivity index (χ0n) is 19.5. The van der Waals surface area contributed by atoms with E-state index < -0.39 is 0 Å². The molecule has 0 saturated carbocycles. The number of para-hydroxylation sites is 1. The van der Waals surface area contributed by atoms with E-state index >= 15 is 0 Å². The average molecular weight is 459 g/mol. The fourth-order valence-electron chi connectivity index (χ4n) is 4.06. The molecule has 1 amide bonds. The molecule has 0 spiro atoms. The molecule has 1 aromatic heterocycles. The molecule has 1 saturated heterocycles. The fraction of sp³-hybridized carbons (Fsp3) is 0.333. The average Bonchev–Trinajstić information content (AvgIpc) is 3.35. The summed E-state index contributed by atoms with van der Waals surface area (Å²) < 4.78 is 11.3. The van der Waals surface area contributed by atoms with E-state index in [9.17, 15) is 4.79 Å². The molecule has 1 N–H and O–H groups in total. The van der Waals surface area contributed by atoms with Crippen LogP contribution in [0.4, 0.5) is 5.69 Å². The van der Waals surface area contributed by atoms with Crippen LogP contribution in [-0.2, 0) is 6.61 Å². The lowest BCUT2D eigenvalue weighted by Gasteiger charge is -2.36. The van der Waals surface area contributed by atoms with Crippen LogP contribution >= 0.6 is 0 Å². The highest BCUT2D eigenvalue weighted by molar-refractivity contribution is 5.91. The van der Waals surface area contributed by atoms with Gasteiger partial charge in [0.25, 0.3) is 5.91 Å². The van der Waals surface area contributed by atoms with Gasteiger partial charge >= 0.3 is 0 Å². The summed E-state index contributed by atoms with van der Waals surface area (Å²) in [6, 6.07) is 21.1. The van der Waals surface area contributed by atoms with E-state index in [2.05, 4.69) is 52.4 Å². The van der Waals surface area contributed by atoms with E-state index in [-0.39, 0.29) is 18.3 Å². The molecule has 1 fully saturated rings. The number of ether oxygens (including phenoxy) is 1. The standard InChI is InChI=1S/C27H30N4O3/c1-21-6-4-8-23(18-21)31-16-14-30(15-17-31)13-5-12-29-27(32)26-11-10-24(34-26)20-33-25-9-3-2-7-22(25)19-28/h2-4,6-11,18H,5,12-17,20H2,1H3,(H,29,32). The van der Waals surface area contributed by atoms with Crippen molar-refractivity contribution in [1.29, 1.82) is 5.26 Å². The zero-order chi connectivity index (χ0) is 23.8. The van der Waals surface area contributed by atoms with Crippen molar-refractivity contribution in [3.63, 3.8) is 0 Å². The second-order valence-corrected chi connectivity index (χ2v) is 8.44. The first-order valence-electron chi connectivity index (χ1n) is 11.7. The summed E-state index contributed by atoms with van der Waals surface area (Å²) in [7, 11) is 0. The molecule has 7 nitrogen and oxygen atoms in total. The third kappa shape index (κ3) is 6.18. The van der Waals surface area contributed by atoms with Crippen molar-refractivity contribution in [2.75, 3.05) is 44.2 Å². The van der Waals surface area contributed by atoms with Crippen molar-refractivity contribution in [3.8, 4) is 11.8 Å². The maximum Gasteiger partial charge on any atom is 0.286 e. The van der Waals surface area contributed by atoms with Crippen LogP contribution in [0.3, 0.4) is 0 Å². The molecule has 0 bridgehead atoms. The lowest BCUT2D eigenvalue weighted by molar-refractivity contribution is 0.0919. The van der Waals surface area contributed by atoms with Gasteiger partial charge in [0.2, 0.25) is 0 Å². The molecular weight excluding hydrogens is 428 g/mol. The Labute approximate surface area is 200 Å². The minimum absolute atomic E-state index is 0.153. The number of hydrogen-bond acceptors (Lipinski definition) is 6. The lowest BCUT2D eigenvalue weighted by Crippen LogP contribution is -2.47. The number of benzene rings is 2. The Balaban J connectivity index is 1.15. The van der Waals surface area contributed by atoms with Crippen molar-refractivity contribution in [2.24, 2.45) is 0 Å². The molecule has 176 valence electrons. The molecule has 2 heterocycles. The van der Waals surface area contributed by atoms with Crippen molar-refractivity contribution >= 4 is 11.6 Å². The highest BCUT2D eigenvalue weighted by Crippen LogP contribution is 2.19. The first kappa shape index (κ1) is 23.4. The third-order valence-corrected chi connectivity index (χ3v) is 5.94. The van der Waals surface area contributed by atoms with Crippen LogP contribution in [0, 0.1) is 18.3 Å². The lowest BCUT2D eigenvalue weighted by atomic mass is 10.2. The third-order valence-electron chi connectivity index (χ3n) is 5.94. The van der Waals surface area contributed by atoms with Crippen molar-refractivity contribution in [3.05, 3.63) is 83.3 Å². The molecule has 0 atom stereocenters. The highest BCUT2D eigenvalue weighted by Gasteiger charge is 2.17. The topological polar surface area (TPSA) is 81.7 Å². The van der Waals surface area contributed by atoms with E-state index in [4.69, 9.17) is 14.4 Å². The van der Waals surface area contributed by atoms with Crippen molar-refractivity contribution in [1.82, 2.24) is 10.2 Å². The first-order chi connectivity index (χ1) is 16.6. The Morgan fingerprint density at radius 1 is 1.09 bits per heavy atom. The van der Waals surface area contributed by atoms with Gasteiger partial charge in [-0.25, -0.2) is 0 Å². The minimum atomic E-state index is -0.229. The summed E-state index contributed by atoms with van der Waals surface area (Å²) in [5, 5.41) is 12.1. The summed E-state index contributed by atoms with van der Waals surface area (Å²) in [6.07, 6.45) is 0.887. The molecule has 0 aliphatic carbocycles. The van der Waals surface area contributed by atoms with Crippen molar-refractivity contribution in [2.45, 2.75) is 20.0 Å². The number of hydrogen-bond donors (Lipinski definition) is 1. The van der Waals surface area contributed by atoms with Gasteiger partial charge in [-0.15, -0.1) is 0 Å². The maximum absolute atomic E-state index is 12.4. The molecule has 1 aliphatic rings. The predicted molar refractivity (Wildman–Crippen MR) is 131 cm³/mol. The number of carbonyl (C=O) groups excluding carboxylic acids is 1. The number of piperazine rings is 1. The Hall–Kier alpha value is -3.76. The van der Waals surface area contributed by atoms with Crippen molar-refractivity contribution < 1.29 is 13.9 Å². The summed E-state index contributed by atoms with van der Waals surface area (Å²) in [4.78, 5) is 17.3. The largest absolute Gasteiger partial charge is 0.484 e. The number of aryl methyl sites for hydroxylation is 1. The van der Waals surface area contributed by atoms with E-state index in [1.165, 1.54) is 11.3 Å². The Morgan fingerprint density at radius 2 is 1.91 bits per heavy atom. The van der Waals surface area contributed by atoms with Gasteiger partial charge in [0.15, 0.2) is 5.76 Å². The summed E-state index contributed by atoms with van der Waals surface area (Å²) in [6.45, 7) is 7.92. The van der Waals surface area contributed by atoms with Crippen LogP contribution in [0.1, 0.15) is 33.9 Å². The number of nitrogens with zero attached hydrogens (tertiary/aromatic N) is 3. The van der Waals surface area contributed by atoms with Gasteiger partial charge in [0.05, 0.1) is 5.56 Å². The molecular formula is C27H30N4O3. The van der Waals surface area contributed by atoms with Gasteiger partial charge in [-0.3, -0.25) is 9.69 Å². The normalized spacial score (nSPS) is 13.9. The molecule has 0 radical (unpaired) electrons. The van der Waals surface area contributed by atoms with E-state index in [0.29, 0.717) is 23.6 Å². The van der Waals surface area contributed by atoms with Crippen LogP contribution in [0.5, 0.6) is 5.75 Å². The highest BCUT2D eigenvalue weighted by atomic mass is 16.5. The van der Waals surface area contributed by atoms with Gasteiger partial charge in [-0.2, -0.15) is 5.26 Å².